The lowest BCUT2D eigenvalue weighted by molar-refractivity contribution is 0.234. The molecule has 7 nitrogen and oxygen atoms in total. The highest BCUT2D eigenvalue weighted by atomic mass is 16.5. The Morgan fingerprint density at radius 2 is 2.08 bits per heavy atom. The molecule has 0 amide bonds. The van der Waals surface area contributed by atoms with Gasteiger partial charge < -0.3 is 14.0 Å². The molecule has 0 radical (unpaired) electrons. The molecule has 0 N–H and O–H groups in total. The largest absolute Gasteiger partial charge is 0.497 e. The van der Waals surface area contributed by atoms with Crippen molar-refractivity contribution in [1.82, 2.24) is 19.3 Å². The molecule has 0 atom stereocenters. The van der Waals surface area contributed by atoms with Crippen molar-refractivity contribution >= 4 is 21.8 Å². The van der Waals surface area contributed by atoms with Crippen LogP contribution in [0.4, 0.5) is 0 Å². The summed E-state index contributed by atoms with van der Waals surface area (Å²) in [4.78, 5) is 19.0. The lowest BCUT2D eigenvalue weighted by Gasteiger charge is -2.15. The van der Waals surface area contributed by atoms with Gasteiger partial charge in [0.1, 0.15) is 12.4 Å². The average Bonchev–Trinajstić information content (AvgIpc) is 3.62. The maximum atomic E-state index is 13.8. The summed E-state index contributed by atoms with van der Waals surface area (Å²) in [6.45, 7) is 9.20. The first-order chi connectivity index (χ1) is 18.4. The van der Waals surface area contributed by atoms with Gasteiger partial charge in [-0.05, 0) is 52.4 Å². The van der Waals surface area contributed by atoms with Gasteiger partial charge in [-0.25, -0.2) is 4.98 Å². The molecular weight excluding hydrogens is 476 g/mol. The van der Waals surface area contributed by atoms with E-state index in [1.54, 1.807) is 0 Å². The van der Waals surface area contributed by atoms with E-state index < -0.39 is 0 Å². The molecule has 7 rings (SSSR count). The number of aryl methyl sites for hydroxylation is 1. The van der Waals surface area contributed by atoms with Gasteiger partial charge >= 0.3 is 0 Å². The van der Waals surface area contributed by atoms with E-state index in [1.807, 2.05) is 22.5 Å². The number of hydrogen-bond donors (Lipinski definition) is 0. The van der Waals surface area contributed by atoms with Crippen LogP contribution in [0, 0.1) is 0 Å². The fourth-order valence-corrected chi connectivity index (χ4v) is 5.99. The molecule has 0 aliphatic carbocycles. The molecule has 0 saturated heterocycles. The predicted molar refractivity (Wildman–Crippen MR) is 149 cm³/mol. The number of pyridine rings is 2. The molecule has 0 unspecified atom stereocenters. The minimum Gasteiger partial charge on any atom is -0.497 e. The summed E-state index contributed by atoms with van der Waals surface area (Å²) in [6.07, 6.45) is 4.14. The second-order valence-corrected chi connectivity index (χ2v) is 10.4. The van der Waals surface area contributed by atoms with Crippen LogP contribution in [0.25, 0.3) is 44.3 Å². The topological polar surface area (TPSA) is 71.2 Å². The first-order valence-electron chi connectivity index (χ1n) is 13.0. The summed E-state index contributed by atoms with van der Waals surface area (Å²) >= 11 is 0. The smallest absolute Gasteiger partial charge is 0.258 e. The normalized spacial score (nSPS) is 13.6. The van der Waals surface area contributed by atoms with Gasteiger partial charge in [-0.3, -0.25) is 9.48 Å². The second-order valence-electron chi connectivity index (χ2n) is 10.4. The van der Waals surface area contributed by atoms with Crippen molar-refractivity contribution < 1.29 is 9.47 Å². The molecule has 2 aliphatic rings. The van der Waals surface area contributed by atoms with Gasteiger partial charge in [-0.1, -0.05) is 32.6 Å². The van der Waals surface area contributed by atoms with E-state index in [0.29, 0.717) is 18.7 Å². The molecule has 38 heavy (non-hydrogen) atoms. The van der Waals surface area contributed by atoms with E-state index in [2.05, 4.69) is 61.9 Å². The van der Waals surface area contributed by atoms with Crippen molar-refractivity contribution in [1.29, 1.82) is 0 Å². The highest BCUT2D eigenvalue weighted by Gasteiger charge is 2.30. The van der Waals surface area contributed by atoms with Crippen LogP contribution in [-0.4, -0.2) is 25.9 Å². The third-order valence-corrected chi connectivity index (χ3v) is 7.90. The van der Waals surface area contributed by atoms with E-state index in [0.717, 1.165) is 67.6 Å². The van der Waals surface area contributed by atoms with Crippen molar-refractivity contribution in [2.45, 2.75) is 39.3 Å². The monoisotopic (exact) mass is 504 g/mol. The van der Waals surface area contributed by atoms with Crippen LogP contribution in [0.5, 0.6) is 5.75 Å². The fraction of sp³-hybridized carbons (Fsp3) is 0.258. The van der Waals surface area contributed by atoms with Crippen LogP contribution in [0.1, 0.15) is 42.0 Å². The Morgan fingerprint density at radius 1 is 1.21 bits per heavy atom. The van der Waals surface area contributed by atoms with Gasteiger partial charge in [0, 0.05) is 29.8 Å². The number of ether oxygens (including phenoxy) is 2. The first-order valence-corrected chi connectivity index (χ1v) is 13.0. The molecule has 0 fully saturated rings. The first kappa shape index (κ1) is 22.8. The third kappa shape index (κ3) is 3.24. The van der Waals surface area contributed by atoms with Crippen LogP contribution in [0.2, 0.25) is 0 Å². The maximum absolute atomic E-state index is 13.8. The maximum Gasteiger partial charge on any atom is 0.258 e. The van der Waals surface area contributed by atoms with Crippen molar-refractivity contribution in [2.75, 3.05) is 6.61 Å². The molecule has 2 aliphatic heterocycles. The summed E-state index contributed by atoms with van der Waals surface area (Å²) in [5, 5.41) is 6.56. The number of rotatable bonds is 5. The molecule has 0 bridgehead atoms. The Labute approximate surface area is 220 Å². The summed E-state index contributed by atoms with van der Waals surface area (Å²) in [6, 6.07) is 12.8. The van der Waals surface area contributed by atoms with E-state index in [1.165, 1.54) is 11.8 Å². The van der Waals surface area contributed by atoms with Gasteiger partial charge in [-0.2, -0.15) is 5.10 Å². The molecule has 190 valence electrons. The van der Waals surface area contributed by atoms with Crippen molar-refractivity contribution in [3.63, 3.8) is 0 Å². The minimum absolute atomic E-state index is 0.0334. The second kappa shape index (κ2) is 8.31. The van der Waals surface area contributed by atoms with Crippen molar-refractivity contribution in [3.05, 3.63) is 88.0 Å². The molecule has 5 heterocycles. The summed E-state index contributed by atoms with van der Waals surface area (Å²) < 4.78 is 15.2. The van der Waals surface area contributed by atoms with Crippen LogP contribution in [0.3, 0.4) is 0 Å². The van der Waals surface area contributed by atoms with E-state index in [9.17, 15) is 4.79 Å². The van der Waals surface area contributed by atoms with E-state index in [-0.39, 0.29) is 18.1 Å². The Morgan fingerprint density at radius 3 is 2.89 bits per heavy atom. The number of fused-ring (bicyclic) bond motifs is 6. The Hall–Kier alpha value is -4.39. The fourth-order valence-electron chi connectivity index (χ4n) is 5.99. The molecule has 5 aromatic rings. The number of benzene rings is 2. The van der Waals surface area contributed by atoms with Crippen molar-refractivity contribution in [3.8, 4) is 28.3 Å². The zero-order chi connectivity index (χ0) is 26.1. The van der Waals surface area contributed by atoms with Gasteiger partial charge in [-0.15, -0.1) is 0 Å². The predicted octanol–water partition coefficient (Wildman–Crippen LogP) is 5.70. The van der Waals surface area contributed by atoms with Gasteiger partial charge in [0.2, 0.25) is 0 Å². The molecule has 0 spiro atoms. The number of hydrogen-bond acceptors (Lipinski definition) is 5. The van der Waals surface area contributed by atoms with Gasteiger partial charge in [0.15, 0.2) is 0 Å². The van der Waals surface area contributed by atoms with Crippen LogP contribution < -0.4 is 10.3 Å². The highest BCUT2D eigenvalue weighted by molar-refractivity contribution is 6.02. The molecule has 3 aromatic heterocycles. The number of aromatic nitrogens is 4. The van der Waals surface area contributed by atoms with Crippen LogP contribution in [-0.2, 0) is 31.4 Å². The Balaban J connectivity index is 1.54. The quantitative estimate of drug-likeness (QED) is 0.282. The minimum atomic E-state index is -0.0334. The summed E-state index contributed by atoms with van der Waals surface area (Å²) in [7, 11) is 1.96. The molecule has 2 aromatic carbocycles. The summed E-state index contributed by atoms with van der Waals surface area (Å²) in [5.41, 5.74) is 9.70. The third-order valence-electron chi connectivity index (χ3n) is 7.90. The zero-order valence-electron chi connectivity index (χ0n) is 21.7. The van der Waals surface area contributed by atoms with Gasteiger partial charge in [0.25, 0.3) is 5.56 Å². The standard InChI is InChI=1S/C31H28N4O3/c1-5-37-16-24-21(17(2)3)12-27-30-23(15-35(27)31(24)36)29(19-6-7-20-14-32-34(4)26(20)11-19)22-13-28-18(8-9-38-28)10-25(22)33-30/h5-7,10-14,17H,1,8-9,15-16H2,2-4H3. The van der Waals surface area contributed by atoms with Crippen LogP contribution >= 0.6 is 0 Å². The van der Waals surface area contributed by atoms with E-state index in [4.69, 9.17) is 14.5 Å². The lowest BCUT2D eigenvalue weighted by Crippen LogP contribution is -2.25. The molecule has 7 heteroatoms. The Kier molecular flexibility index (Phi) is 4.98. The molecule has 0 saturated carbocycles. The average molecular weight is 505 g/mol. The lowest BCUT2D eigenvalue weighted by atomic mass is 9.92. The molecular formula is C31H28N4O3. The summed E-state index contributed by atoms with van der Waals surface area (Å²) in [5.74, 6) is 1.08. The highest BCUT2D eigenvalue weighted by Crippen LogP contribution is 2.44. The zero-order valence-corrected chi connectivity index (χ0v) is 21.7. The van der Waals surface area contributed by atoms with Gasteiger partial charge in [0.05, 0.1) is 53.6 Å². The SMILES string of the molecule is C=COCc1c(C(C)C)cc2n(c1=O)Cc1c-2nc2cc3c(cc2c1-c1ccc2cnn(C)c2c1)OCC3. The number of nitrogens with zero attached hydrogens (tertiary/aromatic N) is 4. The van der Waals surface area contributed by atoms with Crippen molar-refractivity contribution in [2.24, 2.45) is 7.05 Å². The Bertz CT molecular complexity index is 1860. The van der Waals surface area contributed by atoms with E-state index >= 15 is 0 Å². The van der Waals surface area contributed by atoms with Crippen LogP contribution in [0.15, 0.2) is 60.2 Å².